The Balaban J connectivity index is 1.75. The fourth-order valence-corrected chi connectivity index (χ4v) is 2.76. The van der Waals surface area contributed by atoms with E-state index in [2.05, 4.69) is 61.6 Å². The summed E-state index contributed by atoms with van der Waals surface area (Å²) in [5, 5.41) is 3.67. The Morgan fingerprint density at radius 1 is 1.06 bits per heavy atom. The Bertz CT molecular complexity index is 554. The summed E-state index contributed by atoms with van der Waals surface area (Å²) in [6, 6.07) is 16.0. The minimum absolute atomic E-state index is 0.545. The zero-order valence-corrected chi connectivity index (χ0v) is 11.0. The lowest BCUT2D eigenvalue weighted by molar-refractivity contribution is 0.746. The molecule has 0 amide bonds. The first-order valence-electron chi connectivity index (χ1n) is 6.63. The Labute approximate surface area is 109 Å². The van der Waals surface area contributed by atoms with E-state index in [4.69, 9.17) is 0 Å². The number of hydrogen-bond acceptors (Lipinski definition) is 1. The van der Waals surface area contributed by atoms with Crippen molar-refractivity contribution in [1.29, 1.82) is 0 Å². The second-order valence-corrected chi connectivity index (χ2v) is 5.34. The van der Waals surface area contributed by atoms with E-state index >= 15 is 0 Å². The van der Waals surface area contributed by atoms with Crippen molar-refractivity contribution >= 4 is 5.69 Å². The molecule has 0 aromatic heterocycles. The topological polar surface area (TPSA) is 12.0 Å². The molecular formula is C17H19N. The molecule has 2 aromatic rings. The van der Waals surface area contributed by atoms with Crippen LogP contribution in [-0.4, -0.2) is 6.04 Å². The number of aryl methyl sites for hydroxylation is 2. The van der Waals surface area contributed by atoms with E-state index in [-0.39, 0.29) is 0 Å². The SMILES string of the molecule is Cc1ccc(C[C@H]2Cc3cccc(C)c3N2)cc1. The normalized spacial score (nSPS) is 17.3. The van der Waals surface area contributed by atoms with Gasteiger partial charge in [-0.15, -0.1) is 0 Å². The highest BCUT2D eigenvalue weighted by molar-refractivity contribution is 5.62. The predicted molar refractivity (Wildman–Crippen MR) is 77.2 cm³/mol. The van der Waals surface area contributed by atoms with Crippen LogP contribution in [0.1, 0.15) is 22.3 Å². The third kappa shape index (κ3) is 2.13. The Hall–Kier alpha value is -1.76. The van der Waals surface area contributed by atoms with Gasteiger partial charge in [-0.2, -0.15) is 0 Å². The molecule has 92 valence electrons. The van der Waals surface area contributed by atoms with Crippen molar-refractivity contribution in [3.8, 4) is 0 Å². The van der Waals surface area contributed by atoms with Crippen LogP contribution in [0.4, 0.5) is 5.69 Å². The van der Waals surface area contributed by atoms with Crippen LogP contribution >= 0.6 is 0 Å². The van der Waals surface area contributed by atoms with Crippen LogP contribution in [0.2, 0.25) is 0 Å². The lowest BCUT2D eigenvalue weighted by atomic mass is 10.0. The third-order valence-electron chi connectivity index (χ3n) is 3.78. The van der Waals surface area contributed by atoms with Gasteiger partial charge in [-0.05, 0) is 43.4 Å². The fraction of sp³-hybridized carbons (Fsp3) is 0.294. The lowest BCUT2D eigenvalue weighted by Gasteiger charge is -2.12. The van der Waals surface area contributed by atoms with Crippen LogP contribution in [0.3, 0.4) is 0 Å². The largest absolute Gasteiger partial charge is 0.381 e. The highest BCUT2D eigenvalue weighted by atomic mass is 14.9. The molecule has 18 heavy (non-hydrogen) atoms. The Morgan fingerprint density at radius 2 is 1.83 bits per heavy atom. The highest BCUT2D eigenvalue weighted by Gasteiger charge is 2.21. The molecule has 1 heteroatoms. The summed E-state index contributed by atoms with van der Waals surface area (Å²) in [4.78, 5) is 0. The van der Waals surface area contributed by atoms with Gasteiger partial charge in [0.25, 0.3) is 0 Å². The van der Waals surface area contributed by atoms with Gasteiger partial charge in [-0.1, -0.05) is 48.0 Å². The van der Waals surface area contributed by atoms with Crippen molar-refractivity contribution in [2.24, 2.45) is 0 Å². The van der Waals surface area contributed by atoms with Gasteiger partial charge in [0, 0.05) is 11.7 Å². The zero-order chi connectivity index (χ0) is 12.5. The molecule has 0 spiro atoms. The molecule has 0 radical (unpaired) electrons. The molecule has 2 aromatic carbocycles. The number of fused-ring (bicyclic) bond motifs is 1. The number of para-hydroxylation sites is 1. The standard InChI is InChI=1S/C17H19N/c1-12-6-8-14(9-7-12)10-16-11-15-5-3-4-13(2)17(15)18-16/h3-9,16,18H,10-11H2,1-2H3/t16-/m0/s1. The van der Waals surface area contributed by atoms with Crippen molar-refractivity contribution in [2.75, 3.05) is 5.32 Å². The summed E-state index contributed by atoms with van der Waals surface area (Å²) < 4.78 is 0. The van der Waals surface area contributed by atoms with Gasteiger partial charge >= 0.3 is 0 Å². The molecule has 0 saturated heterocycles. The van der Waals surface area contributed by atoms with E-state index in [0.29, 0.717) is 6.04 Å². The predicted octanol–water partition coefficient (Wildman–Crippen LogP) is 3.88. The van der Waals surface area contributed by atoms with Crippen LogP contribution in [0.25, 0.3) is 0 Å². The summed E-state index contributed by atoms with van der Waals surface area (Å²) in [5.41, 5.74) is 6.93. The maximum atomic E-state index is 3.67. The molecule has 1 aliphatic heterocycles. The molecule has 3 rings (SSSR count). The second kappa shape index (κ2) is 4.49. The number of anilines is 1. The first-order chi connectivity index (χ1) is 8.72. The van der Waals surface area contributed by atoms with E-state index in [1.54, 1.807) is 0 Å². The average molecular weight is 237 g/mol. The van der Waals surface area contributed by atoms with Gasteiger partial charge in [0.15, 0.2) is 0 Å². The van der Waals surface area contributed by atoms with Crippen molar-refractivity contribution in [1.82, 2.24) is 0 Å². The van der Waals surface area contributed by atoms with E-state index in [1.165, 1.54) is 27.9 Å². The first kappa shape index (κ1) is 11.3. The number of hydrogen-bond donors (Lipinski definition) is 1. The zero-order valence-electron chi connectivity index (χ0n) is 11.0. The van der Waals surface area contributed by atoms with E-state index in [9.17, 15) is 0 Å². The maximum Gasteiger partial charge on any atom is 0.0405 e. The van der Waals surface area contributed by atoms with E-state index < -0.39 is 0 Å². The van der Waals surface area contributed by atoms with Crippen molar-refractivity contribution in [3.05, 3.63) is 64.7 Å². The maximum absolute atomic E-state index is 3.67. The average Bonchev–Trinajstić information content (AvgIpc) is 2.76. The summed E-state index contributed by atoms with van der Waals surface area (Å²) in [5.74, 6) is 0. The molecule has 0 saturated carbocycles. The van der Waals surface area contributed by atoms with Crippen molar-refractivity contribution < 1.29 is 0 Å². The van der Waals surface area contributed by atoms with Gasteiger partial charge in [0.1, 0.15) is 0 Å². The third-order valence-corrected chi connectivity index (χ3v) is 3.78. The van der Waals surface area contributed by atoms with E-state index in [1.807, 2.05) is 0 Å². The van der Waals surface area contributed by atoms with Crippen LogP contribution in [0.5, 0.6) is 0 Å². The summed E-state index contributed by atoms with van der Waals surface area (Å²) in [6.07, 6.45) is 2.25. The van der Waals surface area contributed by atoms with Gasteiger partial charge in [0.2, 0.25) is 0 Å². The summed E-state index contributed by atoms with van der Waals surface area (Å²) >= 11 is 0. The van der Waals surface area contributed by atoms with Crippen LogP contribution < -0.4 is 5.32 Å². The number of nitrogens with one attached hydrogen (secondary N) is 1. The molecule has 1 heterocycles. The molecule has 0 fully saturated rings. The van der Waals surface area contributed by atoms with Crippen molar-refractivity contribution in [2.45, 2.75) is 32.7 Å². The quantitative estimate of drug-likeness (QED) is 0.835. The Kier molecular flexibility index (Phi) is 2.83. The second-order valence-electron chi connectivity index (χ2n) is 5.34. The van der Waals surface area contributed by atoms with Gasteiger partial charge < -0.3 is 5.32 Å². The lowest BCUT2D eigenvalue weighted by Crippen LogP contribution is -2.18. The minimum Gasteiger partial charge on any atom is -0.381 e. The van der Waals surface area contributed by atoms with Crippen LogP contribution in [0, 0.1) is 13.8 Å². The van der Waals surface area contributed by atoms with Crippen molar-refractivity contribution in [3.63, 3.8) is 0 Å². The molecule has 1 nitrogen and oxygen atoms in total. The number of benzene rings is 2. The molecular weight excluding hydrogens is 218 g/mol. The first-order valence-corrected chi connectivity index (χ1v) is 6.63. The molecule has 1 atom stereocenters. The van der Waals surface area contributed by atoms with Gasteiger partial charge in [-0.3, -0.25) is 0 Å². The molecule has 1 aliphatic rings. The monoisotopic (exact) mass is 237 g/mol. The molecule has 1 N–H and O–H groups in total. The fourth-order valence-electron chi connectivity index (χ4n) is 2.76. The molecule has 0 aliphatic carbocycles. The van der Waals surface area contributed by atoms with E-state index in [0.717, 1.165) is 12.8 Å². The van der Waals surface area contributed by atoms with Crippen LogP contribution in [-0.2, 0) is 12.8 Å². The van der Waals surface area contributed by atoms with Gasteiger partial charge in [0.05, 0.1) is 0 Å². The summed E-state index contributed by atoms with van der Waals surface area (Å²) in [7, 11) is 0. The number of rotatable bonds is 2. The highest BCUT2D eigenvalue weighted by Crippen LogP contribution is 2.30. The van der Waals surface area contributed by atoms with Crippen LogP contribution in [0.15, 0.2) is 42.5 Å². The smallest absolute Gasteiger partial charge is 0.0405 e. The minimum atomic E-state index is 0.545. The molecule has 0 unspecified atom stereocenters. The summed E-state index contributed by atoms with van der Waals surface area (Å²) in [6.45, 7) is 4.32. The van der Waals surface area contributed by atoms with Gasteiger partial charge in [-0.25, -0.2) is 0 Å². The Morgan fingerprint density at radius 3 is 2.56 bits per heavy atom. The molecule has 0 bridgehead atoms.